The van der Waals surface area contributed by atoms with Crippen LogP contribution in [0, 0.1) is 11.0 Å². The maximum atomic E-state index is 12.7. The Morgan fingerprint density at radius 2 is 1.74 bits per heavy atom. The lowest BCUT2D eigenvalue weighted by molar-refractivity contribution is -0.354. The summed E-state index contributed by atoms with van der Waals surface area (Å²) in [5, 5.41) is 11.8. The van der Waals surface area contributed by atoms with Gasteiger partial charge in [0.05, 0.1) is 6.61 Å². The molecule has 0 fully saturated rings. The second-order valence-corrected chi connectivity index (χ2v) is 3.93. The Bertz CT molecular complexity index is 562. The van der Waals surface area contributed by atoms with E-state index in [1.165, 1.54) is 30.5 Å². The van der Waals surface area contributed by atoms with Crippen LogP contribution in [0.2, 0.25) is 0 Å². The molecule has 2 aromatic carbocycles. The van der Waals surface area contributed by atoms with E-state index in [1.807, 2.05) is 6.92 Å². The largest absolute Gasteiger partial charge is 0.618 e. The highest BCUT2D eigenvalue weighted by Crippen LogP contribution is 2.14. The summed E-state index contributed by atoms with van der Waals surface area (Å²) < 4.78 is 18.8. The number of hydrogen-bond donors (Lipinski definition) is 0. The van der Waals surface area contributed by atoms with Crippen LogP contribution in [0.25, 0.3) is 0 Å². The third kappa shape index (κ3) is 3.55. The summed E-state index contributed by atoms with van der Waals surface area (Å²) >= 11 is 0. The van der Waals surface area contributed by atoms with Gasteiger partial charge in [-0.25, -0.2) is 4.39 Å². The molecule has 0 aliphatic heterocycles. The first-order chi connectivity index (χ1) is 9.19. The highest BCUT2D eigenvalue weighted by Gasteiger charge is 2.02. The zero-order valence-corrected chi connectivity index (χ0v) is 10.5. The molecule has 0 atom stereocenters. The molecular weight excluding hydrogens is 245 g/mol. The smallest absolute Gasteiger partial charge is 0.216 e. The monoisotopic (exact) mass is 259 g/mol. The van der Waals surface area contributed by atoms with Crippen LogP contribution >= 0.6 is 0 Å². The molecule has 0 bridgehead atoms. The van der Waals surface area contributed by atoms with Crippen molar-refractivity contribution in [2.45, 2.75) is 6.92 Å². The molecule has 3 nitrogen and oxygen atoms in total. The molecule has 0 spiro atoms. The molecule has 19 heavy (non-hydrogen) atoms. The Balaban J connectivity index is 2.17. The average Bonchev–Trinajstić information content (AvgIpc) is 2.42. The molecular formula is C15H14FNO2. The lowest BCUT2D eigenvalue weighted by atomic mass is 10.2. The Kier molecular flexibility index (Phi) is 4.13. The molecule has 98 valence electrons. The van der Waals surface area contributed by atoms with Crippen LogP contribution in [0.5, 0.6) is 5.75 Å². The second kappa shape index (κ2) is 6.00. The van der Waals surface area contributed by atoms with Crippen LogP contribution in [-0.4, -0.2) is 17.6 Å². The maximum Gasteiger partial charge on any atom is 0.216 e. The van der Waals surface area contributed by atoms with Crippen molar-refractivity contribution >= 4 is 11.9 Å². The third-order valence-electron chi connectivity index (χ3n) is 2.54. The fourth-order valence-corrected chi connectivity index (χ4v) is 1.61. The summed E-state index contributed by atoms with van der Waals surface area (Å²) in [4.78, 5) is 0. The average molecular weight is 259 g/mol. The van der Waals surface area contributed by atoms with Crippen molar-refractivity contribution in [1.29, 1.82) is 0 Å². The van der Waals surface area contributed by atoms with Gasteiger partial charge >= 0.3 is 0 Å². The molecule has 2 aromatic rings. The zero-order valence-electron chi connectivity index (χ0n) is 10.5. The van der Waals surface area contributed by atoms with E-state index < -0.39 is 0 Å². The van der Waals surface area contributed by atoms with Crippen molar-refractivity contribution in [3.63, 3.8) is 0 Å². The van der Waals surface area contributed by atoms with E-state index in [4.69, 9.17) is 4.74 Å². The lowest BCUT2D eigenvalue weighted by Gasteiger charge is -2.04. The summed E-state index contributed by atoms with van der Waals surface area (Å²) in [6.07, 6.45) is 1.43. The van der Waals surface area contributed by atoms with Gasteiger partial charge < -0.3 is 9.94 Å². The maximum absolute atomic E-state index is 12.7. The van der Waals surface area contributed by atoms with Gasteiger partial charge in [-0.15, -0.1) is 0 Å². The van der Waals surface area contributed by atoms with Crippen LogP contribution < -0.4 is 4.74 Å². The zero-order chi connectivity index (χ0) is 13.7. The molecule has 0 aliphatic rings. The van der Waals surface area contributed by atoms with Gasteiger partial charge in [-0.3, -0.25) is 0 Å². The molecule has 0 saturated carbocycles. The quantitative estimate of drug-likeness (QED) is 0.364. The van der Waals surface area contributed by atoms with E-state index in [2.05, 4.69) is 0 Å². The standard InChI is InChI=1S/C15H14FNO2/c1-2-19-15-9-3-12(4-10-15)11-17(18)14-7-5-13(16)6-8-14/h3-11H,2H2,1H3. The second-order valence-electron chi connectivity index (χ2n) is 3.93. The fraction of sp³-hybridized carbons (Fsp3) is 0.133. The normalized spacial score (nSPS) is 11.4. The molecule has 0 unspecified atom stereocenters. The molecule has 0 aliphatic carbocycles. The van der Waals surface area contributed by atoms with Crippen molar-refractivity contribution < 1.29 is 13.9 Å². The van der Waals surface area contributed by atoms with E-state index in [0.717, 1.165) is 11.3 Å². The third-order valence-corrected chi connectivity index (χ3v) is 2.54. The van der Waals surface area contributed by atoms with Crippen LogP contribution in [-0.2, 0) is 0 Å². The number of hydrogen-bond acceptors (Lipinski definition) is 2. The summed E-state index contributed by atoms with van der Waals surface area (Å²) in [5.74, 6) is 0.400. The van der Waals surface area contributed by atoms with Gasteiger partial charge in [-0.1, -0.05) is 0 Å². The summed E-state index contributed by atoms with van der Waals surface area (Å²) in [6.45, 7) is 2.51. The number of rotatable bonds is 4. The first kappa shape index (κ1) is 13.1. The van der Waals surface area contributed by atoms with Crippen LogP contribution in [0.3, 0.4) is 0 Å². The number of halogens is 1. The van der Waals surface area contributed by atoms with E-state index in [-0.39, 0.29) is 5.82 Å². The molecule has 0 radical (unpaired) electrons. The predicted molar refractivity (Wildman–Crippen MR) is 72.5 cm³/mol. The van der Waals surface area contributed by atoms with E-state index in [9.17, 15) is 9.60 Å². The van der Waals surface area contributed by atoms with Crippen molar-refractivity contribution in [2.24, 2.45) is 0 Å². The Morgan fingerprint density at radius 1 is 1.11 bits per heavy atom. The summed E-state index contributed by atoms with van der Waals surface area (Å²) in [6, 6.07) is 12.6. The molecule has 0 heterocycles. The fourth-order valence-electron chi connectivity index (χ4n) is 1.61. The number of nitrogens with zero attached hydrogens (tertiary/aromatic N) is 1. The highest BCUT2D eigenvalue weighted by molar-refractivity contribution is 5.76. The topological polar surface area (TPSA) is 35.3 Å². The predicted octanol–water partition coefficient (Wildman–Crippen LogP) is 3.49. The molecule has 2 rings (SSSR count). The van der Waals surface area contributed by atoms with Gasteiger partial charge in [-0.2, -0.15) is 4.74 Å². The lowest BCUT2D eigenvalue weighted by Crippen LogP contribution is -1.99. The summed E-state index contributed by atoms with van der Waals surface area (Å²) in [7, 11) is 0. The molecule has 0 aromatic heterocycles. The Morgan fingerprint density at radius 3 is 2.32 bits per heavy atom. The van der Waals surface area contributed by atoms with Crippen LogP contribution in [0.15, 0.2) is 48.5 Å². The van der Waals surface area contributed by atoms with Crippen molar-refractivity contribution in [2.75, 3.05) is 6.61 Å². The van der Waals surface area contributed by atoms with Gasteiger partial charge in [0.25, 0.3) is 0 Å². The minimum absolute atomic E-state index is 0.363. The van der Waals surface area contributed by atoms with Crippen molar-refractivity contribution in [3.8, 4) is 5.75 Å². The van der Waals surface area contributed by atoms with E-state index >= 15 is 0 Å². The molecule has 0 saturated heterocycles. The van der Waals surface area contributed by atoms with Crippen LogP contribution in [0.1, 0.15) is 12.5 Å². The minimum atomic E-state index is -0.363. The molecule has 4 heteroatoms. The summed E-state index contributed by atoms with van der Waals surface area (Å²) in [5.41, 5.74) is 1.14. The Hall–Kier alpha value is -2.36. The first-order valence-electron chi connectivity index (χ1n) is 5.98. The van der Waals surface area contributed by atoms with Gasteiger partial charge in [0.15, 0.2) is 6.21 Å². The Labute approximate surface area is 111 Å². The van der Waals surface area contributed by atoms with Gasteiger partial charge in [0.1, 0.15) is 11.6 Å². The van der Waals surface area contributed by atoms with Gasteiger partial charge in [-0.05, 0) is 43.3 Å². The number of ether oxygens (including phenoxy) is 1. The van der Waals surface area contributed by atoms with Crippen molar-refractivity contribution in [3.05, 3.63) is 65.1 Å². The van der Waals surface area contributed by atoms with Gasteiger partial charge in [0.2, 0.25) is 5.69 Å². The first-order valence-corrected chi connectivity index (χ1v) is 5.98. The highest BCUT2D eigenvalue weighted by atomic mass is 19.1. The SMILES string of the molecule is CCOc1ccc(C=[N+]([O-])c2ccc(F)cc2)cc1. The van der Waals surface area contributed by atoms with E-state index in [0.29, 0.717) is 17.0 Å². The van der Waals surface area contributed by atoms with Crippen molar-refractivity contribution in [1.82, 2.24) is 0 Å². The molecule has 0 amide bonds. The van der Waals surface area contributed by atoms with Gasteiger partial charge in [0, 0.05) is 17.7 Å². The minimum Gasteiger partial charge on any atom is -0.618 e. The molecule has 0 N–H and O–H groups in total. The number of benzene rings is 2. The van der Waals surface area contributed by atoms with Crippen LogP contribution in [0.4, 0.5) is 10.1 Å². The van der Waals surface area contributed by atoms with E-state index in [1.54, 1.807) is 24.3 Å².